The maximum atomic E-state index is 13.6. The van der Waals surface area contributed by atoms with Gasteiger partial charge < -0.3 is 0 Å². The van der Waals surface area contributed by atoms with E-state index in [2.05, 4.69) is 20.8 Å². The number of hydrogen-bond acceptors (Lipinski definition) is 1. The standard InChI is InChI=1S/C18H18F2O/c1-18(2,3)14-9-7-12(8-10-14)16(21)11-13-5-4-6-15(19)17(13)20/h4-10H,11H2,1-3H3. The second-order valence-electron chi connectivity index (χ2n) is 6.14. The molecule has 3 heteroatoms. The normalized spacial score (nSPS) is 11.5. The summed E-state index contributed by atoms with van der Waals surface area (Å²) in [6, 6.07) is 11.1. The Hall–Kier alpha value is -2.03. The minimum absolute atomic E-state index is 0.0102. The molecule has 0 aliphatic heterocycles. The largest absolute Gasteiger partial charge is 0.294 e. The summed E-state index contributed by atoms with van der Waals surface area (Å²) in [5.74, 6) is -2.10. The Morgan fingerprint density at radius 2 is 1.62 bits per heavy atom. The zero-order valence-corrected chi connectivity index (χ0v) is 12.4. The van der Waals surface area contributed by atoms with Crippen molar-refractivity contribution >= 4 is 5.78 Å². The smallest absolute Gasteiger partial charge is 0.167 e. The molecule has 0 radical (unpaired) electrons. The van der Waals surface area contributed by atoms with Crippen molar-refractivity contribution in [3.8, 4) is 0 Å². The van der Waals surface area contributed by atoms with Gasteiger partial charge in [-0.3, -0.25) is 4.79 Å². The summed E-state index contributed by atoms with van der Waals surface area (Å²) in [4.78, 5) is 12.1. The molecule has 2 aromatic rings. The zero-order chi connectivity index (χ0) is 15.6. The Labute approximate surface area is 123 Å². The lowest BCUT2D eigenvalue weighted by Gasteiger charge is -2.19. The Morgan fingerprint density at radius 1 is 1.00 bits per heavy atom. The van der Waals surface area contributed by atoms with Crippen LogP contribution in [0.25, 0.3) is 0 Å². The molecule has 0 saturated heterocycles. The second-order valence-corrected chi connectivity index (χ2v) is 6.14. The number of Topliss-reactive ketones (excluding diaryl/α,β-unsaturated/α-hetero) is 1. The second kappa shape index (κ2) is 5.76. The monoisotopic (exact) mass is 288 g/mol. The van der Waals surface area contributed by atoms with Crippen LogP contribution in [0.15, 0.2) is 42.5 Å². The highest BCUT2D eigenvalue weighted by molar-refractivity contribution is 5.97. The molecule has 110 valence electrons. The summed E-state index contributed by atoms with van der Waals surface area (Å²) in [5, 5.41) is 0. The first-order valence-corrected chi connectivity index (χ1v) is 6.85. The molecule has 0 atom stereocenters. The van der Waals surface area contributed by atoms with Crippen LogP contribution in [0, 0.1) is 11.6 Å². The van der Waals surface area contributed by atoms with Gasteiger partial charge >= 0.3 is 0 Å². The lowest BCUT2D eigenvalue weighted by Crippen LogP contribution is -2.12. The molecule has 0 N–H and O–H groups in total. The van der Waals surface area contributed by atoms with Gasteiger partial charge in [0, 0.05) is 12.0 Å². The van der Waals surface area contributed by atoms with Crippen LogP contribution in [0.2, 0.25) is 0 Å². The van der Waals surface area contributed by atoms with Crippen LogP contribution in [0.4, 0.5) is 8.78 Å². The summed E-state index contributed by atoms with van der Waals surface area (Å²) in [6.07, 6.45) is -0.140. The first-order chi connectivity index (χ1) is 9.79. The maximum absolute atomic E-state index is 13.6. The van der Waals surface area contributed by atoms with Crippen molar-refractivity contribution in [1.29, 1.82) is 0 Å². The van der Waals surface area contributed by atoms with E-state index in [0.29, 0.717) is 5.56 Å². The third kappa shape index (κ3) is 3.54. The number of ketones is 1. The van der Waals surface area contributed by atoms with Gasteiger partial charge in [-0.05, 0) is 22.6 Å². The Bertz CT molecular complexity index is 652. The average molecular weight is 288 g/mol. The number of rotatable bonds is 3. The quantitative estimate of drug-likeness (QED) is 0.749. The molecule has 0 bridgehead atoms. The molecule has 0 saturated carbocycles. The number of halogens is 2. The van der Waals surface area contributed by atoms with Crippen LogP contribution in [-0.4, -0.2) is 5.78 Å². The van der Waals surface area contributed by atoms with Gasteiger partial charge in [0.05, 0.1) is 0 Å². The third-order valence-corrected chi connectivity index (χ3v) is 3.46. The highest BCUT2D eigenvalue weighted by atomic mass is 19.2. The summed E-state index contributed by atoms with van der Waals surface area (Å²) in [6.45, 7) is 6.27. The van der Waals surface area contributed by atoms with E-state index in [4.69, 9.17) is 0 Å². The van der Waals surface area contributed by atoms with Crippen LogP contribution in [0.3, 0.4) is 0 Å². The summed E-state index contributed by atoms with van der Waals surface area (Å²) in [5.41, 5.74) is 1.72. The van der Waals surface area contributed by atoms with E-state index < -0.39 is 11.6 Å². The molecule has 0 amide bonds. The van der Waals surface area contributed by atoms with Crippen LogP contribution in [0.1, 0.15) is 42.3 Å². The van der Waals surface area contributed by atoms with Crippen molar-refractivity contribution in [1.82, 2.24) is 0 Å². The van der Waals surface area contributed by atoms with Crippen molar-refractivity contribution in [3.05, 3.63) is 70.8 Å². The molecule has 2 rings (SSSR count). The SMILES string of the molecule is CC(C)(C)c1ccc(C(=O)Cc2cccc(F)c2F)cc1. The van der Waals surface area contributed by atoms with Gasteiger partial charge in [-0.2, -0.15) is 0 Å². The first-order valence-electron chi connectivity index (χ1n) is 6.85. The molecule has 1 nitrogen and oxygen atoms in total. The van der Waals surface area contributed by atoms with E-state index in [-0.39, 0.29) is 23.2 Å². The molecule has 0 fully saturated rings. The molecule has 0 aliphatic carbocycles. The van der Waals surface area contributed by atoms with Crippen LogP contribution in [0.5, 0.6) is 0 Å². The van der Waals surface area contributed by atoms with Gasteiger partial charge in [-0.1, -0.05) is 57.2 Å². The van der Waals surface area contributed by atoms with Crippen LogP contribution >= 0.6 is 0 Å². The number of carbonyl (C=O) groups is 1. The van der Waals surface area contributed by atoms with Gasteiger partial charge in [0.2, 0.25) is 0 Å². The topological polar surface area (TPSA) is 17.1 Å². The molecule has 2 aromatic carbocycles. The van der Waals surface area contributed by atoms with Gasteiger partial charge in [-0.15, -0.1) is 0 Å². The predicted octanol–water partition coefficient (Wildman–Crippen LogP) is 4.69. The highest BCUT2D eigenvalue weighted by Gasteiger charge is 2.16. The van der Waals surface area contributed by atoms with Crippen molar-refractivity contribution in [2.24, 2.45) is 0 Å². The molecule has 0 spiro atoms. The van der Waals surface area contributed by atoms with Gasteiger partial charge in [-0.25, -0.2) is 8.78 Å². The fourth-order valence-corrected chi connectivity index (χ4v) is 2.12. The first kappa shape index (κ1) is 15.4. The summed E-state index contributed by atoms with van der Waals surface area (Å²) < 4.78 is 26.7. The van der Waals surface area contributed by atoms with E-state index in [1.807, 2.05) is 12.1 Å². The fourth-order valence-electron chi connectivity index (χ4n) is 2.12. The molecule has 0 unspecified atom stereocenters. The summed E-state index contributed by atoms with van der Waals surface area (Å²) in [7, 11) is 0. The van der Waals surface area contributed by atoms with E-state index in [9.17, 15) is 13.6 Å². The van der Waals surface area contributed by atoms with Crippen molar-refractivity contribution in [2.75, 3.05) is 0 Å². The molecular weight excluding hydrogens is 270 g/mol. The van der Waals surface area contributed by atoms with Gasteiger partial charge in [0.1, 0.15) is 0 Å². The van der Waals surface area contributed by atoms with E-state index in [1.54, 1.807) is 12.1 Å². The third-order valence-electron chi connectivity index (χ3n) is 3.46. The maximum Gasteiger partial charge on any atom is 0.167 e. The molecular formula is C18H18F2O. The van der Waals surface area contributed by atoms with Crippen molar-refractivity contribution in [3.63, 3.8) is 0 Å². The van der Waals surface area contributed by atoms with Gasteiger partial charge in [0.15, 0.2) is 17.4 Å². The number of hydrogen-bond donors (Lipinski definition) is 0. The van der Waals surface area contributed by atoms with Crippen LogP contribution in [-0.2, 0) is 11.8 Å². The average Bonchev–Trinajstić information content (AvgIpc) is 2.43. The Kier molecular flexibility index (Phi) is 4.21. The summed E-state index contributed by atoms with van der Waals surface area (Å²) >= 11 is 0. The predicted molar refractivity (Wildman–Crippen MR) is 79.5 cm³/mol. The number of benzene rings is 2. The minimum Gasteiger partial charge on any atom is -0.294 e. The minimum atomic E-state index is -0.947. The van der Waals surface area contributed by atoms with E-state index in [1.165, 1.54) is 12.1 Å². The van der Waals surface area contributed by atoms with Crippen LogP contribution < -0.4 is 0 Å². The molecule has 0 aromatic heterocycles. The highest BCUT2D eigenvalue weighted by Crippen LogP contribution is 2.23. The van der Waals surface area contributed by atoms with E-state index in [0.717, 1.165) is 11.6 Å². The van der Waals surface area contributed by atoms with Crippen molar-refractivity contribution in [2.45, 2.75) is 32.6 Å². The lowest BCUT2D eigenvalue weighted by molar-refractivity contribution is 0.0991. The molecule has 0 heterocycles. The lowest BCUT2D eigenvalue weighted by atomic mass is 9.86. The fraction of sp³-hybridized carbons (Fsp3) is 0.278. The zero-order valence-electron chi connectivity index (χ0n) is 12.4. The Morgan fingerprint density at radius 3 is 2.19 bits per heavy atom. The van der Waals surface area contributed by atoms with Crippen molar-refractivity contribution < 1.29 is 13.6 Å². The molecule has 21 heavy (non-hydrogen) atoms. The molecule has 0 aliphatic rings. The number of carbonyl (C=O) groups excluding carboxylic acids is 1. The van der Waals surface area contributed by atoms with Gasteiger partial charge in [0.25, 0.3) is 0 Å². The van der Waals surface area contributed by atoms with E-state index >= 15 is 0 Å². The Balaban J connectivity index is 2.19.